The largest absolute Gasteiger partial charge is 0.327 e. The molecule has 1 aromatic rings. The van der Waals surface area contributed by atoms with Crippen molar-refractivity contribution in [2.24, 2.45) is 11.7 Å². The van der Waals surface area contributed by atoms with E-state index in [1.807, 2.05) is 0 Å². The Balaban J connectivity index is 2.10. The number of rotatable bonds is 4. The monoisotopic (exact) mass is 225 g/mol. The number of carbonyl (C=O) groups excluding carboxylic acids is 1. The Morgan fingerprint density at radius 1 is 1.44 bits per heavy atom. The van der Waals surface area contributed by atoms with Crippen molar-refractivity contribution in [2.45, 2.75) is 25.3 Å². The molecule has 2 N–H and O–H groups in total. The molecule has 2 rings (SSSR count). The minimum Gasteiger partial charge on any atom is -0.327 e. The molecule has 0 spiro atoms. The van der Waals surface area contributed by atoms with Gasteiger partial charge >= 0.3 is 0 Å². The van der Waals surface area contributed by atoms with E-state index < -0.39 is 17.4 Å². The highest BCUT2D eigenvalue weighted by Crippen LogP contribution is 2.33. The zero-order valence-corrected chi connectivity index (χ0v) is 8.75. The second-order valence-electron chi connectivity index (χ2n) is 4.25. The predicted octanol–water partition coefficient (Wildman–Crippen LogP) is 2.27. The number of carbonyl (C=O) groups is 1. The highest BCUT2D eigenvalue weighted by molar-refractivity contribution is 5.96. The third kappa shape index (κ3) is 2.44. The van der Waals surface area contributed by atoms with Crippen LogP contribution in [0.2, 0.25) is 0 Å². The second-order valence-corrected chi connectivity index (χ2v) is 4.25. The maximum absolute atomic E-state index is 13.3. The molecule has 1 aromatic carbocycles. The Bertz CT molecular complexity index is 415. The third-order valence-electron chi connectivity index (χ3n) is 2.88. The van der Waals surface area contributed by atoms with Gasteiger partial charge in [0.2, 0.25) is 0 Å². The minimum absolute atomic E-state index is 0.0883. The summed E-state index contributed by atoms with van der Waals surface area (Å²) in [4.78, 5) is 11.7. The smallest absolute Gasteiger partial charge is 0.167 e. The Morgan fingerprint density at radius 2 is 2.12 bits per heavy atom. The van der Waals surface area contributed by atoms with E-state index in [4.69, 9.17) is 5.73 Å². The standard InChI is InChI=1S/C12H13F2NO/c13-8-3-4-10(14)9(5-8)12(16)6-11(15)7-1-2-7/h3-5,7,11H,1-2,6,15H2. The van der Waals surface area contributed by atoms with Gasteiger partial charge in [-0.3, -0.25) is 4.79 Å². The van der Waals surface area contributed by atoms with Crippen LogP contribution in [-0.2, 0) is 0 Å². The van der Waals surface area contributed by atoms with Crippen molar-refractivity contribution in [3.63, 3.8) is 0 Å². The number of hydrogen-bond acceptors (Lipinski definition) is 2. The van der Waals surface area contributed by atoms with Crippen LogP contribution in [0.3, 0.4) is 0 Å². The van der Waals surface area contributed by atoms with Gasteiger partial charge in [-0.15, -0.1) is 0 Å². The van der Waals surface area contributed by atoms with Crippen LogP contribution in [0.4, 0.5) is 8.78 Å². The summed E-state index contributed by atoms with van der Waals surface area (Å²) in [5, 5.41) is 0. The molecule has 1 aliphatic carbocycles. The lowest BCUT2D eigenvalue weighted by atomic mass is 10.0. The van der Waals surface area contributed by atoms with Crippen LogP contribution >= 0.6 is 0 Å². The fraction of sp³-hybridized carbons (Fsp3) is 0.417. The van der Waals surface area contributed by atoms with Crippen molar-refractivity contribution >= 4 is 5.78 Å². The summed E-state index contributed by atoms with van der Waals surface area (Å²) in [7, 11) is 0. The topological polar surface area (TPSA) is 43.1 Å². The van der Waals surface area contributed by atoms with Gasteiger partial charge in [-0.1, -0.05) is 0 Å². The van der Waals surface area contributed by atoms with Crippen molar-refractivity contribution in [3.05, 3.63) is 35.4 Å². The summed E-state index contributed by atoms with van der Waals surface area (Å²) >= 11 is 0. The van der Waals surface area contributed by atoms with E-state index in [1.54, 1.807) is 0 Å². The number of benzene rings is 1. The molecule has 1 unspecified atom stereocenters. The maximum atomic E-state index is 13.3. The lowest BCUT2D eigenvalue weighted by Gasteiger charge is -2.09. The van der Waals surface area contributed by atoms with Crippen molar-refractivity contribution in [1.29, 1.82) is 0 Å². The van der Waals surface area contributed by atoms with Gasteiger partial charge in [0, 0.05) is 12.5 Å². The fourth-order valence-electron chi connectivity index (χ4n) is 1.73. The van der Waals surface area contributed by atoms with Crippen molar-refractivity contribution in [2.75, 3.05) is 0 Å². The Labute approximate surface area is 92.4 Å². The van der Waals surface area contributed by atoms with Gasteiger partial charge in [0.15, 0.2) is 5.78 Å². The van der Waals surface area contributed by atoms with E-state index >= 15 is 0 Å². The Morgan fingerprint density at radius 3 is 2.75 bits per heavy atom. The summed E-state index contributed by atoms with van der Waals surface area (Å²) < 4.78 is 26.1. The molecule has 0 aliphatic heterocycles. The van der Waals surface area contributed by atoms with Gasteiger partial charge < -0.3 is 5.73 Å². The van der Waals surface area contributed by atoms with Crippen LogP contribution in [0.25, 0.3) is 0 Å². The van der Waals surface area contributed by atoms with Gasteiger partial charge in [0.05, 0.1) is 5.56 Å². The molecule has 0 bridgehead atoms. The first-order chi connectivity index (χ1) is 7.58. The van der Waals surface area contributed by atoms with Crippen LogP contribution in [0.5, 0.6) is 0 Å². The summed E-state index contributed by atoms with van der Waals surface area (Å²) in [5.41, 5.74) is 5.57. The van der Waals surface area contributed by atoms with E-state index in [2.05, 4.69) is 0 Å². The first kappa shape index (κ1) is 11.2. The summed E-state index contributed by atoms with van der Waals surface area (Å²) in [6, 6.07) is 2.66. The number of ketones is 1. The lowest BCUT2D eigenvalue weighted by molar-refractivity contribution is 0.0967. The molecule has 0 amide bonds. The average molecular weight is 225 g/mol. The average Bonchev–Trinajstić information content (AvgIpc) is 3.04. The van der Waals surface area contributed by atoms with Gasteiger partial charge in [-0.2, -0.15) is 0 Å². The summed E-state index contributed by atoms with van der Waals surface area (Å²) in [5.74, 6) is -1.34. The highest BCUT2D eigenvalue weighted by Gasteiger charge is 2.30. The number of Topliss-reactive ketones (excluding diaryl/α,β-unsaturated/α-hetero) is 1. The van der Waals surface area contributed by atoms with E-state index in [1.165, 1.54) is 0 Å². The van der Waals surface area contributed by atoms with E-state index in [-0.39, 0.29) is 18.0 Å². The lowest BCUT2D eigenvalue weighted by Crippen LogP contribution is -2.26. The van der Waals surface area contributed by atoms with Crippen LogP contribution in [0, 0.1) is 17.6 Å². The zero-order valence-electron chi connectivity index (χ0n) is 8.75. The van der Waals surface area contributed by atoms with Crippen molar-refractivity contribution < 1.29 is 13.6 Å². The van der Waals surface area contributed by atoms with Gasteiger partial charge in [-0.05, 0) is 37.0 Å². The molecule has 1 aliphatic rings. The Hall–Kier alpha value is -1.29. The normalized spacial score (nSPS) is 17.2. The van der Waals surface area contributed by atoms with Crippen molar-refractivity contribution in [1.82, 2.24) is 0 Å². The second kappa shape index (κ2) is 4.29. The van der Waals surface area contributed by atoms with Gasteiger partial charge in [0.1, 0.15) is 11.6 Å². The fourth-order valence-corrected chi connectivity index (χ4v) is 1.73. The summed E-state index contributed by atoms with van der Waals surface area (Å²) in [6.45, 7) is 0. The predicted molar refractivity (Wildman–Crippen MR) is 56.0 cm³/mol. The maximum Gasteiger partial charge on any atom is 0.167 e. The minimum atomic E-state index is -0.686. The number of nitrogens with two attached hydrogens (primary N) is 1. The first-order valence-corrected chi connectivity index (χ1v) is 5.32. The molecular weight excluding hydrogens is 212 g/mol. The molecule has 0 radical (unpaired) electrons. The Kier molecular flexibility index (Phi) is 3.01. The molecule has 0 aromatic heterocycles. The SMILES string of the molecule is NC(CC(=O)c1cc(F)ccc1F)C1CC1. The van der Waals surface area contributed by atoms with Crippen LogP contribution in [-0.4, -0.2) is 11.8 Å². The quantitative estimate of drug-likeness (QED) is 0.799. The molecule has 0 saturated heterocycles. The third-order valence-corrected chi connectivity index (χ3v) is 2.88. The van der Waals surface area contributed by atoms with Crippen LogP contribution in [0.15, 0.2) is 18.2 Å². The van der Waals surface area contributed by atoms with E-state index in [0.717, 1.165) is 31.0 Å². The zero-order chi connectivity index (χ0) is 11.7. The molecule has 0 heterocycles. The molecule has 1 saturated carbocycles. The number of hydrogen-bond donors (Lipinski definition) is 1. The molecule has 4 heteroatoms. The van der Waals surface area contributed by atoms with Gasteiger partial charge in [0.25, 0.3) is 0 Å². The van der Waals surface area contributed by atoms with Gasteiger partial charge in [-0.25, -0.2) is 8.78 Å². The highest BCUT2D eigenvalue weighted by atomic mass is 19.1. The van der Waals surface area contributed by atoms with Crippen LogP contribution in [0.1, 0.15) is 29.6 Å². The molecule has 1 atom stereocenters. The van der Waals surface area contributed by atoms with E-state index in [0.29, 0.717) is 5.92 Å². The molecule has 16 heavy (non-hydrogen) atoms. The number of halogens is 2. The molecule has 1 fully saturated rings. The molecule has 86 valence electrons. The first-order valence-electron chi connectivity index (χ1n) is 5.32. The summed E-state index contributed by atoms with van der Waals surface area (Å²) in [6.07, 6.45) is 2.14. The van der Waals surface area contributed by atoms with Crippen molar-refractivity contribution in [3.8, 4) is 0 Å². The van der Waals surface area contributed by atoms with E-state index in [9.17, 15) is 13.6 Å². The molecule has 2 nitrogen and oxygen atoms in total. The molecular formula is C12H13F2NO. The van der Waals surface area contributed by atoms with Crippen LogP contribution < -0.4 is 5.73 Å².